The topological polar surface area (TPSA) is 117 Å². The van der Waals surface area contributed by atoms with E-state index in [1.165, 1.54) is 17.6 Å². The zero-order chi connectivity index (χ0) is 21.1. The minimum absolute atomic E-state index is 0.276. The molecule has 154 valence electrons. The predicted octanol–water partition coefficient (Wildman–Crippen LogP) is 3.45. The number of rotatable bonds is 6. The van der Waals surface area contributed by atoms with Gasteiger partial charge in [0.05, 0.1) is 21.4 Å². The highest BCUT2D eigenvalue weighted by Gasteiger charge is 2.11. The monoisotopic (exact) mass is 441 g/mol. The van der Waals surface area contributed by atoms with Crippen molar-refractivity contribution < 1.29 is 13.2 Å². The van der Waals surface area contributed by atoms with Crippen molar-refractivity contribution in [3.63, 3.8) is 0 Å². The summed E-state index contributed by atoms with van der Waals surface area (Å²) < 4.78 is 24.5. The minimum Gasteiger partial charge on any atom is -0.348 e. The van der Waals surface area contributed by atoms with Crippen molar-refractivity contribution in [1.29, 1.82) is 0 Å². The van der Waals surface area contributed by atoms with Gasteiger partial charge in [0, 0.05) is 31.1 Å². The molecule has 0 aliphatic heterocycles. The maximum Gasteiger partial charge on any atom is 0.321 e. The summed E-state index contributed by atoms with van der Waals surface area (Å²) >= 11 is 1.36. The zero-order valence-corrected chi connectivity index (χ0v) is 17.7. The average Bonchev–Trinajstić information content (AvgIpc) is 3.36. The first-order valence-corrected chi connectivity index (χ1v) is 11.8. The van der Waals surface area contributed by atoms with E-state index in [2.05, 4.69) is 25.6 Å². The first-order valence-electron chi connectivity index (χ1n) is 9.12. The van der Waals surface area contributed by atoms with Crippen LogP contribution >= 0.6 is 11.3 Å². The van der Waals surface area contributed by atoms with Gasteiger partial charge in [0.15, 0.2) is 15.0 Å². The summed E-state index contributed by atoms with van der Waals surface area (Å²) in [5.41, 5.74) is 3.39. The molecule has 8 nitrogen and oxygen atoms in total. The van der Waals surface area contributed by atoms with Crippen LogP contribution in [0.15, 0.2) is 59.9 Å². The van der Waals surface area contributed by atoms with Gasteiger partial charge in [0.25, 0.3) is 0 Å². The van der Waals surface area contributed by atoms with E-state index < -0.39 is 9.84 Å². The number of sulfone groups is 1. The second kappa shape index (κ2) is 8.25. The molecule has 0 atom stereocenters. The van der Waals surface area contributed by atoms with Crippen molar-refractivity contribution in [2.24, 2.45) is 0 Å². The fraction of sp³-hybridized carbons (Fsp3) is 0.150. The first kappa shape index (κ1) is 20.0. The Labute approximate surface area is 177 Å². The van der Waals surface area contributed by atoms with Crippen LogP contribution in [0.3, 0.4) is 0 Å². The molecule has 0 aliphatic carbocycles. The van der Waals surface area contributed by atoms with Crippen LogP contribution in [0.1, 0.15) is 5.69 Å². The van der Waals surface area contributed by atoms with Gasteiger partial charge in [-0.05, 0) is 35.4 Å². The molecule has 2 aromatic carbocycles. The van der Waals surface area contributed by atoms with E-state index in [4.69, 9.17) is 0 Å². The average molecular weight is 442 g/mol. The van der Waals surface area contributed by atoms with E-state index in [0.717, 1.165) is 27.0 Å². The molecule has 0 saturated heterocycles. The Morgan fingerprint density at radius 2 is 2.00 bits per heavy atom. The van der Waals surface area contributed by atoms with Gasteiger partial charge in [-0.15, -0.1) is 0 Å². The third kappa shape index (κ3) is 4.66. The number of benzene rings is 2. The second-order valence-electron chi connectivity index (χ2n) is 6.71. The summed E-state index contributed by atoms with van der Waals surface area (Å²) in [5, 5.41) is 6.03. The number of nitrogens with zero attached hydrogens (tertiary/aromatic N) is 2. The van der Waals surface area contributed by atoms with Crippen molar-refractivity contribution in [3.05, 3.63) is 60.7 Å². The number of aromatic nitrogens is 3. The molecule has 3 N–H and O–H groups in total. The number of carbonyl (C=O) groups is 1. The van der Waals surface area contributed by atoms with Crippen molar-refractivity contribution in [2.75, 3.05) is 18.1 Å². The molecule has 2 aromatic heterocycles. The van der Waals surface area contributed by atoms with Crippen LogP contribution in [0.2, 0.25) is 0 Å². The molecule has 4 aromatic rings. The molecule has 0 radical (unpaired) electrons. The lowest BCUT2D eigenvalue weighted by Gasteiger charge is -2.04. The van der Waals surface area contributed by atoms with Gasteiger partial charge in [-0.25, -0.2) is 23.2 Å². The summed E-state index contributed by atoms with van der Waals surface area (Å²) in [6.45, 7) is 0.472. The Balaban J connectivity index is 1.47. The van der Waals surface area contributed by atoms with E-state index in [1.54, 1.807) is 30.7 Å². The Morgan fingerprint density at radius 1 is 1.17 bits per heavy atom. The predicted molar refractivity (Wildman–Crippen MR) is 117 cm³/mol. The molecular formula is C20H19N5O3S2. The lowest BCUT2D eigenvalue weighted by atomic mass is 10.1. The van der Waals surface area contributed by atoms with Crippen LogP contribution in [0.4, 0.5) is 9.93 Å². The number of aromatic amines is 1. The molecular weight excluding hydrogens is 422 g/mol. The number of carbonyl (C=O) groups excluding carboxylic acids is 1. The molecule has 0 fully saturated rings. The van der Waals surface area contributed by atoms with Crippen LogP contribution < -0.4 is 10.6 Å². The third-order valence-corrected chi connectivity index (χ3v) is 6.48. The van der Waals surface area contributed by atoms with Crippen LogP contribution in [0.5, 0.6) is 0 Å². The maximum absolute atomic E-state index is 12.1. The van der Waals surface area contributed by atoms with Gasteiger partial charge >= 0.3 is 6.03 Å². The van der Waals surface area contributed by atoms with E-state index in [1.807, 2.05) is 24.3 Å². The van der Waals surface area contributed by atoms with Crippen molar-refractivity contribution in [2.45, 2.75) is 11.3 Å². The van der Waals surface area contributed by atoms with Crippen LogP contribution in [0.25, 0.3) is 21.3 Å². The summed E-state index contributed by atoms with van der Waals surface area (Å²) in [7, 11) is -3.28. The van der Waals surface area contributed by atoms with Gasteiger partial charge in [-0.1, -0.05) is 29.5 Å². The first-order chi connectivity index (χ1) is 14.4. The van der Waals surface area contributed by atoms with E-state index in [9.17, 15) is 13.2 Å². The van der Waals surface area contributed by atoms with Crippen molar-refractivity contribution in [3.8, 4) is 11.1 Å². The highest BCUT2D eigenvalue weighted by Crippen LogP contribution is 2.31. The molecule has 0 unspecified atom stereocenters. The molecule has 2 amide bonds. The highest BCUT2D eigenvalue weighted by atomic mass is 32.2. The Bertz CT molecular complexity index is 1300. The molecule has 30 heavy (non-hydrogen) atoms. The Hall–Kier alpha value is -3.24. The molecule has 0 spiro atoms. The molecule has 10 heteroatoms. The number of amides is 2. The fourth-order valence-corrected chi connectivity index (χ4v) is 4.50. The molecule has 2 heterocycles. The molecule has 0 bridgehead atoms. The standard InChI is InChI=1S/C20H19N5O3S2/c1-30(27,28)16-4-2-3-13(9-16)14-5-6-17-18(10-14)29-20(24-17)25-19(26)22-8-7-15-11-21-12-23-15/h2-6,9-12H,7-8H2,1H3,(H,21,23)(H2,22,24,25,26). The van der Waals surface area contributed by atoms with Crippen LogP contribution in [0, 0.1) is 0 Å². The highest BCUT2D eigenvalue weighted by molar-refractivity contribution is 7.90. The smallest absolute Gasteiger partial charge is 0.321 e. The zero-order valence-electron chi connectivity index (χ0n) is 16.0. The number of anilines is 1. The van der Waals surface area contributed by atoms with Gasteiger partial charge < -0.3 is 10.3 Å². The van der Waals surface area contributed by atoms with Gasteiger partial charge in [-0.3, -0.25) is 5.32 Å². The maximum atomic E-state index is 12.1. The lowest BCUT2D eigenvalue weighted by molar-refractivity contribution is 0.252. The van der Waals surface area contributed by atoms with Crippen molar-refractivity contribution in [1.82, 2.24) is 20.3 Å². The van der Waals surface area contributed by atoms with Crippen LogP contribution in [-0.2, 0) is 16.3 Å². The summed E-state index contributed by atoms with van der Waals surface area (Å²) in [5.74, 6) is 0. The third-order valence-electron chi connectivity index (χ3n) is 4.44. The molecule has 0 aliphatic rings. The fourth-order valence-electron chi connectivity index (χ4n) is 2.94. The molecule has 4 rings (SSSR count). The Kier molecular flexibility index (Phi) is 5.51. The number of imidazole rings is 1. The number of hydrogen-bond donors (Lipinski definition) is 3. The van der Waals surface area contributed by atoms with Gasteiger partial charge in [-0.2, -0.15) is 0 Å². The SMILES string of the molecule is CS(=O)(=O)c1cccc(-c2ccc3nc(NC(=O)NCCc4cnc[nH]4)sc3c2)c1. The normalized spacial score (nSPS) is 11.5. The summed E-state index contributed by atoms with van der Waals surface area (Å²) in [4.78, 5) is 23.7. The second-order valence-corrected chi connectivity index (χ2v) is 9.76. The quantitative estimate of drug-likeness (QED) is 0.424. The lowest BCUT2D eigenvalue weighted by Crippen LogP contribution is -2.30. The Morgan fingerprint density at radius 3 is 2.77 bits per heavy atom. The van der Waals surface area contributed by atoms with E-state index >= 15 is 0 Å². The van der Waals surface area contributed by atoms with E-state index in [0.29, 0.717) is 18.1 Å². The van der Waals surface area contributed by atoms with Crippen molar-refractivity contribution >= 4 is 42.6 Å². The van der Waals surface area contributed by atoms with Gasteiger partial charge in [0.2, 0.25) is 0 Å². The number of H-pyrrole nitrogens is 1. The minimum atomic E-state index is -3.28. The number of thiazole rings is 1. The number of fused-ring (bicyclic) bond motifs is 1. The largest absolute Gasteiger partial charge is 0.348 e. The van der Waals surface area contributed by atoms with Gasteiger partial charge in [0.1, 0.15) is 0 Å². The van der Waals surface area contributed by atoms with E-state index in [-0.39, 0.29) is 10.9 Å². The number of hydrogen-bond acceptors (Lipinski definition) is 6. The molecule has 0 saturated carbocycles. The summed E-state index contributed by atoms with van der Waals surface area (Å²) in [6.07, 6.45) is 5.16. The summed E-state index contributed by atoms with van der Waals surface area (Å²) in [6, 6.07) is 12.2. The number of nitrogens with one attached hydrogen (secondary N) is 3. The number of urea groups is 1. The van der Waals surface area contributed by atoms with Crippen LogP contribution in [-0.4, -0.2) is 42.2 Å².